The molecule has 10 heteroatoms. The molecule has 0 spiro atoms. The maximum Gasteiger partial charge on any atom is 0.333 e. The Morgan fingerprint density at radius 3 is 2.30 bits per heavy atom. The molecule has 0 saturated heterocycles. The Labute approximate surface area is 213 Å². The number of H-pyrrole nitrogens is 1. The molecule has 3 aromatic carbocycles. The zero-order valence-electron chi connectivity index (χ0n) is 21.4. The Hall–Kier alpha value is -3.92. The van der Waals surface area contributed by atoms with Crippen molar-refractivity contribution in [2.45, 2.75) is 33.1 Å². The number of halogens is 1. The minimum absolute atomic E-state index is 0.407. The first-order valence-corrected chi connectivity index (χ1v) is 13.3. The van der Waals surface area contributed by atoms with Crippen molar-refractivity contribution in [3.05, 3.63) is 86.4 Å². The monoisotopic (exact) mass is 525 g/mol. The van der Waals surface area contributed by atoms with Gasteiger partial charge >= 0.3 is 5.69 Å². The smallest absolute Gasteiger partial charge is 0.333 e. The van der Waals surface area contributed by atoms with E-state index in [1.807, 2.05) is 50.0 Å². The molecular weight excluding hydrogens is 497 g/mol. The Morgan fingerprint density at radius 2 is 1.68 bits per heavy atom. The summed E-state index contributed by atoms with van der Waals surface area (Å²) in [6, 6.07) is 12.7. The van der Waals surface area contributed by atoms with Gasteiger partial charge in [0.2, 0.25) is 15.8 Å². The molecule has 0 saturated carbocycles. The minimum atomic E-state index is -3.41. The summed E-state index contributed by atoms with van der Waals surface area (Å²) in [7, 11) is -1.84. The summed E-state index contributed by atoms with van der Waals surface area (Å²) in [5.74, 6) is -0.459. The van der Waals surface area contributed by atoms with Crippen LogP contribution in [0.4, 0.5) is 10.1 Å². The average Bonchev–Trinajstić information content (AvgIpc) is 2.79. The first-order chi connectivity index (χ1) is 17.2. The molecular formula is C27H28FN3O5S. The van der Waals surface area contributed by atoms with E-state index in [4.69, 9.17) is 4.74 Å². The van der Waals surface area contributed by atoms with Gasteiger partial charge in [-0.15, -0.1) is 0 Å². The predicted molar refractivity (Wildman–Crippen MR) is 144 cm³/mol. The van der Waals surface area contributed by atoms with Crippen molar-refractivity contribution in [2.75, 3.05) is 18.1 Å². The lowest BCUT2D eigenvalue weighted by atomic mass is 9.82. The largest absolute Gasteiger partial charge is 0.496 e. The molecule has 0 bridgehead atoms. The van der Waals surface area contributed by atoms with E-state index < -0.39 is 32.5 Å². The van der Waals surface area contributed by atoms with Crippen molar-refractivity contribution in [3.63, 3.8) is 0 Å². The van der Waals surface area contributed by atoms with Crippen LogP contribution in [0.3, 0.4) is 0 Å². The van der Waals surface area contributed by atoms with E-state index in [0.717, 1.165) is 38.9 Å². The maximum atomic E-state index is 14.2. The number of benzene rings is 3. The number of anilines is 1. The first kappa shape index (κ1) is 26.2. The number of hydrogen-bond acceptors (Lipinski definition) is 5. The molecule has 194 valence electrons. The highest BCUT2D eigenvalue weighted by Gasteiger charge is 2.26. The third-order valence-electron chi connectivity index (χ3n) is 6.11. The van der Waals surface area contributed by atoms with Gasteiger partial charge in [0, 0.05) is 16.8 Å². The van der Waals surface area contributed by atoms with E-state index in [9.17, 15) is 22.4 Å². The molecule has 1 heterocycles. The topological polar surface area (TPSA) is 110 Å². The van der Waals surface area contributed by atoms with Gasteiger partial charge in [0.1, 0.15) is 5.75 Å². The average molecular weight is 526 g/mol. The summed E-state index contributed by atoms with van der Waals surface area (Å²) in [4.78, 5) is 26.3. The van der Waals surface area contributed by atoms with Crippen molar-refractivity contribution < 1.29 is 17.5 Å². The van der Waals surface area contributed by atoms with Crippen LogP contribution in [0, 0.1) is 12.7 Å². The Morgan fingerprint density at radius 1 is 1.03 bits per heavy atom. The number of nitrogens with zero attached hydrogens (tertiary/aromatic N) is 1. The summed E-state index contributed by atoms with van der Waals surface area (Å²) >= 11 is 0. The van der Waals surface area contributed by atoms with Gasteiger partial charge in [-0.1, -0.05) is 39.0 Å². The number of hydrogen-bond donors (Lipinski definition) is 2. The first-order valence-electron chi connectivity index (χ1n) is 11.5. The van der Waals surface area contributed by atoms with Gasteiger partial charge in [0.25, 0.3) is 5.56 Å². The van der Waals surface area contributed by atoms with Crippen molar-refractivity contribution >= 4 is 26.5 Å². The number of rotatable bonds is 5. The highest BCUT2D eigenvalue weighted by molar-refractivity contribution is 7.92. The van der Waals surface area contributed by atoms with Gasteiger partial charge in [-0.05, 0) is 58.5 Å². The van der Waals surface area contributed by atoms with Crippen LogP contribution in [0.15, 0.2) is 58.3 Å². The molecule has 37 heavy (non-hydrogen) atoms. The van der Waals surface area contributed by atoms with Crippen molar-refractivity contribution in [2.24, 2.45) is 0 Å². The zero-order chi connectivity index (χ0) is 27.3. The van der Waals surface area contributed by atoms with Crippen LogP contribution in [-0.4, -0.2) is 31.3 Å². The van der Waals surface area contributed by atoms with Gasteiger partial charge in [-0.25, -0.2) is 13.2 Å². The van der Waals surface area contributed by atoms with Crippen LogP contribution in [0.1, 0.15) is 31.9 Å². The molecule has 1 aromatic heterocycles. The van der Waals surface area contributed by atoms with E-state index in [0.29, 0.717) is 28.3 Å². The second-order valence-corrected chi connectivity index (χ2v) is 11.7. The minimum Gasteiger partial charge on any atom is -0.496 e. The van der Waals surface area contributed by atoms with Gasteiger partial charge in [0.05, 0.1) is 25.2 Å². The molecule has 0 radical (unpaired) electrons. The van der Waals surface area contributed by atoms with Crippen LogP contribution in [0.2, 0.25) is 0 Å². The maximum absolute atomic E-state index is 14.2. The van der Waals surface area contributed by atoms with Crippen molar-refractivity contribution in [1.82, 2.24) is 9.55 Å². The lowest BCUT2D eigenvalue weighted by Crippen LogP contribution is -2.31. The SMILES string of the molecule is COc1c(C(C)(C)C)cc(-n2cc(F)c(=O)[nH]c2=O)c(C)c1-c1ccc2cc(NS(C)(=O)=O)ccc2c1. The van der Waals surface area contributed by atoms with Crippen LogP contribution < -0.4 is 20.7 Å². The predicted octanol–water partition coefficient (Wildman–Crippen LogP) is 4.47. The third-order valence-corrected chi connectivity index (χ3v) is 6.72. The highest BCUT2D eigenvalue weighted by Crippen LogP contribution is 2.44. The normalized spacial score (nSPS) is 12.1. The van der Waals surface area contributed by atoms with Crippen molar-refractivity contribution in [1.29, 1.82) is 0 Å². The Kier molecular flexibility index (Phi) is 6.49. The van der Waals surface area contributed by atoms with E-state index in [1.165, 1.54) is 0 Å². The summed E-state index contributed by atoms with van der Waals surface area (Å²) in [5, 5.41) is 1.67. The van der Waals surface area contributed by atoms with E-state index >= 15 is 0 Å². The van der Waals surface area contributed by atoms with Gasteiger partial charge in [0.15, 0.2) is 0 Å². The number of ether oxygens (including phenoxy) is 1. The zero-order valence-corrected chi connectivity index (χ0v) is 22.2. The molecule has 8 nitrogen and oxygen atoms in total. The number of nitrogens with one attached hydrogen (secondary N) is 2. The molecule has 0 aliphatic rings. The Bertz CT molecular complexity index is 1770. The fraction of sp³-hybridized carbons (Fsp3) is 0.259. The standard InChI is InChI=1S/C27H28FN3O5S/c1-15-22(31-14-21(28)25(32)29-26(31)33)13-20(27(2,3)4)24(36-5)23(15)18-8-7-17-12-19(30-37(6,34)35)10-9-16(17)11-18/h7-14,30H,1-6H3,(H,29,32,33). The summed E-state index contributed by atoms with van der Waals surface area (Å²) < 4.78 is 46.9. The van der Waals surface area contributed by atoms with Gasteiger partial charge in [-0.2, -0.15) is 4.39 Å². The summed E-state index contributed by atoms with van der Waals surface area (Å²) in [6.07, 6.45) is 1.98. The van der Waals surface area contributed by atoms with E-state index in [1.54, 1.807) is 32.2 Å². The number of fused-ring (bicyclic) bond motifs is 1. The van der Waals surface area contributed by atoms with Crippen molar-refractivity contribution in [3.8, 4) is 22.6 Å². The summed E-state index contributed by atoms with van der Waals surface area (Å²) in [5.41, 5.74) is 1.56. The molecule has 0 aliphatic heterocycles. The quantitative estimate of drug-likeness (QED) is 0.400. The fourth-order valence-electron chi connectivity index (χ4n) is 4.42. The highest BCUT2D eigenvalue weighted by atomic mass is 32.2. The van der Waals surface area contributed by atoms with E-state index in [2.05, 4.69) is 4.72 Å². The number of aromatic amines is 1. The van der Waals surface area contributed by atoms with Gasteiger partial charge < -0.3 is 4.74 Å². The molecule has 4 rings (SSSR count). The Balaban J connectivity index is 2.02. The summed E-state index contributed by atoms with van der Waals surface area (Å²) in [6.45, 7) is 7.81. The number of sulfonamides is 1. The third kappa shape index (κ3) is 5.15. The molecule has 0 unspecified atom stereocenters. The molecule has 2 N–H and O–H groups in total. The second-order valence-electron chi connectivity index (χ2n) is 9.98. The molecule has 0 amide bonds. The van der Waals surface area contributed by atoms with Crippen LogP contribution in [0.25, 0.3) is 27.6 Å². The molecule has 0 atom stereocenters. The van der Waals surface area contributed by atoms with Crippen LogP contribution in [-0.2, 0) is 15.4 Å². The molecule has 0 fully saturated rings. The fourth-order valence-corrected chi connectivity index (χ4v) is 4.97. The van der Waals surface area contributed by atoms with Crippen LogP contribution in [0.5, 0.6) is 5.75 Å². The second kappa shape index (κ2) is 9.19. The number of methoxy groups -OCH3 is 1. The lowest BCUT2D eigenvalue weighted by molar-refractivity contribution is 0.399. The molecule has 0 aliphatic carbocycles. The number of aromatic nitrogens is 2. The van der Waals surface area contributed by atoms with Crippen LogP contribution >= 0.6 is 0 Å². The molecule has 4 aromatic rings. The van der Waals surface area contributed by atoms with E-state index in [-0.39, 0.29) is 0 Å². The van der Waals surface area contributed by atoms with Gasteiger partial charge in [-0.3, -0.25) is 19.1 Å². The lowest BCUT2D eigenvalue weighted by Gasteiger charge is -2.27.